The van der Waals surface area contributed by atoms with Crippen molar-refractivity contribution >= 4 is 0 Å². The second-order valence-corrected chi connectivity index (χ2v) is 7.35. The first-order valence-electron chi connectivity index (χ1n) is 8.65. The van der Waals surface area contributed by atoms with E-state index in [-0.39, 0.29) is 0 Å². The molecule has 1 aromatic carbocycles. The Bertz CT molecular complexity index is 478. The number of hydrogen-bond acceptors (Lipinski definition) is 2. The van der Waals surface area contributed by atoms with Crippen LogP contribution >= 0.6 is 0 Å². The quantitative estimate of drug-likeness (QED) is 0.911. The van der Waals surface area contributed by atoms with Gasteiger partial charge in [-0.2, -0.15) is 0 Å². The van der Waals surface area contributed by atoms with Crippen LogP contribution in [0.5, 0.6) is 0 Å². The summed E-state index contributed by atoms with van der Waals surface area (Å²) in [5.41, 5.74) is 11.0. The molecule has 0 bridgehead atoms. The highest BCUT2D eigenvalue weighted by atomic mass is 15.2. The van der Waals surface area contributed by atoms with E-state index in [0.717, 1.165) is 6.54 Å². The maximum Gasteiger partial charge on any atom is 0.0473 e. The highest BCUT2D eigenvalue weighted by Gasteiger charge is 2.38. The van der Waals surface area contributed by atoms with Crippen LogP contribution in [0.4, 0.5) is 0 Å². The first-order valence-corrected chi connectivity index (χ1v) is 8.65. The molecule has 1 spiro atoms. The van der Waals surface area contributed by atoms with E-state index in [1.54, 1.807) is 0 Å². The monoisotopic (exact) mass is 286 g/mol. The molecule has 1 aliphatic carbocycles. The molecule has 1 heterocycles. The third kappa shape index (κ3) is 3.02. The Kier molecular flexibility index (Phi) is 4.37. The van der Waals surface area contributed by atoms with Crippen LogP contribution in [0.25, 0.3) is 0 Å². The summed E-state index contributed by atoms with van der Waals surface area (Å²) in [6.07, 6.45) is 8.62. The normalized spacial score (nSPS) is 23.6. The second-order valence-electron chi connectivity index (χ2n) is 7.35. The van der Waals surface area contributed by atoms with Gasteiger partial charge in [-0.15, -0.1) is 0 Å². The maximum absolute atomic E-state index is 6.16. The number of benzene rings is 1. The molecular weight excluding hydrogens is 256 g/mol. The number of hydrogen-bond donors (Lipinski definition) is 1. The average molecular weight is 286 g/mol. The number of aryl methyl sites for hydroxylation is 2. The van der Waals surface area contributed by atoms with Gasteiger partial charge in [-0.25, -0.2) is 0 Å². The molecule has 2 N–H and O–H groups in total. The van der Waals surface area contributed by atoms with Gasteiger partial charge in [0.2, 0.25) is 0 Å². The van der Waals surface area contributed by atoms with Crippen molar-refractivity contribution in [3.63, 3.8) is 0 Å². The van der Waals surface area contributed by atoms with Crippen molar-refractivity contribution in [2.45, 2.75) is 58.4 Å². The Hall–Kier alpha value is -0.860. The minimum Gasteiger partial charge on any atom is -0.329 e. The van der Waals surface area contributed by atoms with Gasteiger partial charge in [0.15, 0.2) is 0 Å². The standard InChI is InChI=1S/C19H30N2/c1-15-5-6-16(2)17(13-15)18(14-20)21-11-9-19(10-12-21)7-3-4-8-19/h5-6,13,18H,3-4,7-12,14,20H2,1-2H3. The topological polar surface area (TPSA) is 29.3 Å². The van der Waals surface area contributed by atoms with Crippen LogP contribution in [-0.4, -0.2) is 24.5 Å². The van der Waals surface area contributed by atoms with Gasteiger partial charge in [-0.1, -0.05) is 36.6 Å². The summed E-state index contributed by atoms with van der Waals surface area (Å²) in [6, 6.07) is 7.20. The van der Waals surface area contributed by atoms with E-state index in [1.807, 2.05) is 0 Å². The summed E-state index contributed by atoms with van der Waals surface area (Å²) < 4.78 is 0. The van der Waals surface area contributed by atoms with Gasteiger partial charge in [0, 0.05) is 12.6 Å². The van der Waals surface area contributed by atoms with Crippen LogP contribution in [-0.2, 0) is 0 Å². The van der Waals surface area contributed by atoms with Crippen molar-refractivity contribution in [3.8, 4) is 0 Å². The van der Waals surface area contributed by atoms with E-state index in [2.05, 4.69) is 36.9 Å². The van der Waals surface area contributed by atoms with Crippen molar-refractivity contribution in [1.29, 1.82) is 0 Å². The van der Waals surface area contributed by atoms with Crippen molar-refractivity contribution < 1.29 is 0 Å². The predicted octanol–water partition coefficient (Wildman–Crippen LogP) is 3.96. The summed E-state index contributed by atoms with van der Waals surface area (Å²) in [5.74, 6) is 0. The summed E-state index contributed by atoms with van der Waals surface area (Å²) in [6.45, 7) is 7.60. The SMILES string of the molecule is Cc1ccc(C)c(C(CN)N2CCC3(CCCC3)CC2)c1. The number of rotatable bonds is 3. The number of piperidine rings is 1. The van der Waals surface area contributed by atoms with E-state index in [1.165, 1.54) is 68.3 Å². The average Bonchev–Trinajstić information content (AvgIpc) is 2.94. The largest absolute Gasteiger partial charge is 0.329 e. The van der Waals surface area contributed by atoms with Gasteiger partial charge < -0.3 is 5.73 Å². The minimum absolute atomic E-state index is 0.406. The Morgan fingerprint density at radius 1 is 1.10 bits per heavy atom. The summed E-state index contributed by atoms with van der Waals surface area (Å²) in [7, 11) is 0. The molecule has 0 aromatic heterocycles. The van der Waals surface area contributed by atoms with Crippen LogP contribution in [0.2, 0.25) is 0 Å². The molecule has 2 heteroatoms. The van der Waals surface area contributed by atoms with Crippen LogP contribution in [0.1, 0.15) is 61.3 Å². The zero-order chi connectivity index (χ0) is 14.9. The highest BCUT2D eigenvalue weighted by Crippen LogP contribution is 2.47. The van der Waals surface area contributed by atoms with Crippen molar-refractivity contribution in [3.05, 3.63) is 34.9 Å². The molecule has 2 fully saturated rings. The van der Waals surface area contributed by atoms with Gasteiger partial charge in [0.25, 0.3) is 0 Å². The lowest BCUT2D eigenvalue weighted by molar-refractivity contribution is 0.0778. The molecule has 21 heavy (non-hydrogen) atoms. The molecule has 116 valence electrons. The fourth-order valence-electron chi connectivity index (χ4n) is 4.53. The van der Waals surface area contributed by atoms with E-state index >= 15 is 0 Å². The zero-order valence-corrected chi connectivity index (χ0v) is 13.7. The van der Waals surface area contributed by atoms with Gasteiger partial charge >= 0.3 is 0 Å². The Balaban J connectivity index is 1.74. The summed E-state index contributed by atoms with van der Waals surface area (Å²) in [5, 5.41) is 0. The number of nitrogens with two attached hydrogens (primary N) is 1. The minimum atomic E-state index is 0.406. The summed E-state index contributed by atoms with van der Waals surface area (Å²) >= 11 is 0. The lowest BCUT2D eigenvalue weighted by atomic mass is 9.76. The number of nitrogens with zero attached hydrogens (tertiary/aromatic N) is 1. The highest BCUT2D eigenvalue weighted by molar-refractivity contribution is 5.33. The molecule has 1 aliphatic heterocycles. The fraction of sp³-hybridized carbons (Fsp3) is 0.684. The van der Waals surface area contributed by atoms with Gasteiger partial charge in [0.05, 0.1) is 0 Å². The van der Waals surface area contributed by atoms with Crippen molar-refractivity contribution in [2.75, 3.05) is 19.6 Å². The molecule has 2 aliphatic rings. The van der Waals surface area contributed by atoms with Gasteiger partial charge in [-0.3, -0.25) is 4.90 Å². The molecule has 3 rings (SSSR count). The molecule has 2 nitrogen and oxygen atoms in total. The van der Waals surface area contributed by atoms with Gasteiger partial charge in [0.1, 0.15) is 0 Å². The van der Waals surface area contributed by atoms with E-state index < -0.39 is 0 Å². The zero-order valence-electron chi connectivity index (χ0n) is 13.7. The predicted molar refractivity (Wildman–Crippen MR) is 89.4 cm³/mol. The first kappa shape index (κ1) is 15.1. The molecule has 1 saturated carbocycles. The maximum atomic E-state index is 6.16. The number of likely N-dealkylation sites (tertiary alicyclic amines) is 1. The molecule has 0 amide bonds. The Morgan fingerprint density at radius 2 is 1.76 bits per heavy atom. The van der Waals surface area contributed by atoms with Crippen LogP contribution in [0.15, 0.2) is 18.2 Å². The van der Waals surface area contributed by atoms with E-state index in [4.69, 9.17) is 5.73 Å². The molecule has 1 atom stereocenters. The Morgan fingerprint density at radius 3 is 2.38 bits per heavy atom. The van der Waals surface area contributed by atoms with Crippen LogP contribution < -0.4 is 5.73 Å². The molecule has 1 saturated heterocycles. The lowest BCUT2D eigenvalue weighted by Crippen LogP contribution is -2.43. The smallest absolute Gasteiger partial charge is 0.0473 e. The first-order chi connectivity index (χ1) is 10.1. The van der Waals surface area contributed by atoms with Crippen LogP contribution in [0.3, 0.4) is 0 Å². The molecule has 0 radical (unpaired) electrons. The van der Waals surface area contributed by atoms with E-state index in [9.17, 15) is 0 Å². The summed E-state index contributed by atoms with van der Waals surface area (Å²) in [4.78, 5) is 2.64. The van der Waals surface area contributed by atoms with Crippen molar-refractivity contribution in [1.82, 2.24) is 4.90 Å². The molecule has 1 unspecified atom stereocenters. The third-order valence-corrected chi connectivity index (χ3v) is 5.98. The van der Waals surface area contributed by atoms with Crippen molar-refractivity contribution in [2.24, 2.45) is 11.1 Å². The molecule has 1 aromatic rings. The molecular formula is C19H30N2. The third-order valence-electron chi connectivity index (χ3n) is 5.98. The lowest BCUT2D eigenvalue weighted by Gasteiger charge is -2.43. The van der Waals surface area contributed by atoms with E-state index in [0.29, 0.717) is 11.5 Å². The van der Waals surface area contributed by atoms with Crippen LogP contribution in [0, 0.1) is 19.3 Å². The fourth-order valence-corrected chi connectivity index (χ4v) is 4.53. The second kappa shape index (κ2) is 6.10. The van der Waals surface area contributed by atoms with Gasteiger partial charge in [-0.05, 0) is 69.2 Å². The Labute approximate surface area is 129 Å².